The molecule has 15 heteroatoms. The Labute approximate surface area is 426 Å². The number of hydrogen-bond acceptors (Lipinski definition) is 12. The number of ketones is 1. The molecule has 386 valence electrons. The van der Waals surface area contributed by atoms with Crippen LogP contribution in [-0.2, 0) is 60.4 Å². The first-order valence-electron chi connectivity index (χ1n) is 27.8. The average Bonchev–Trinajstić information content (AvgIpc) is 3.97. The molecule has 1 N–H and O–H groups in total. The number of anilines is 1. The fourth-order valence-corrected chi connectivity index (χ4v) is 15.3. The van der Waals surface area contributed by atoms with Crippen molar-refractivity contribution in [1.82, 2.24) is 19.4 Å². The molecular formula is C58H69N5O10. The van der Waals surface area contributed by atoms with Gasteiger partial charge < -0.3 is 33.3 Å². The molecule has 8 fully saturated rings. The molecule has 4 aromatic rings. The molecule has 3 atom stereocenters. The highest BCUT2D eigenvalue weighted by atomic mass is 17.3. The summed E-state index contributed by atoms with van der Waals surface area (Å²) >= 11 is 0. The second-order valence-corrected chi connectivity index (χ2v) is 23.0. The number of nitrogens with zero attached hydrogens (tertiary/aromatic N) is 4. The molecule has 5 saturated carbocycles. The quantitative estimate of drug-likeness (QED) is 0.140. The zero-order valence-electron chi connectivity index (χ0n) is 42.4. The van der Waals surface area contributed by atoms with Crippen molar-refractivity contribution < 1.29 is 43.1 Å². The van der Waals surface area contributed by atoms with Gasteiger partial charge in [0.2, 0.25) is 11.6 Å². The zero-order valence-corrected chi connectivity index (χ0v) is 42.4. The Morgan fingerprint density at radius 1 is 0.836 bits per heavy atom. The van der Waals surface area contributed by atoms with Gasteiger partial charge in [0.1, 0.15) is 11.9 Å². The number of rotatable bonds is 9. The lowest BCUT2D eigenvalue weighted by atomic mass is 9.53. The van der Waals surface area contributed by atoms with E-state index in [0.29, 0.717) is 97.9 Å². The molecule has 4 bridgehead atoms. The van der Waals surface area contributed by atoms with Crippen molar-refractivity contribution in [1.29, 1.82) is 0 Å². The van der Waals surface area contributed by atoms with Crippen LogP contribution >= 0.6 is 0 Å². The van der Waals surface area contributed by atoms with Crippen LogP contribution < -0.4 is 15.6 Å². The van der Waals surface area contributed by atoms with Gasteiger partial charge in [-0.05, 0) is 162 Å². The van der Waals surface area contributed by atoms with Gasteiger partial charge in [-0.1, -0.05) is 32.4 Å². The summed E-state index contributed by atoms with van der Waals surface area (Å²) in [5.74, 6) is 1.15. The molecule has 3 saturated heterocycles. The molecule has 1 unspecified atom stereocenters. The van der Waals surface area contributed by atoms with Crippen molar-refractivity contribution >= 4 is 34.6 Å². The largest absolute Gasteiger partial charge is 0.446 e. The fraction of sp³-hybridized carbons (Fsp3) is 0.603. The lowest BCUT2D eigenvalue weighted by molar-refractivity contribution is -0.390. The van der Waals surface area contributed by atoms with E-state index in [0.717, 1.165) is 110 Å². The van der Waals surface area contributed by atoms with E-state index in [4.69, 9.17) is 33.7 Å². The number of carbonyl (C=O) groups is 3. The smallest absolute Gasteiger partial charge is 0.415 e. The lowest BCUT2D eigenvalue weighted by Gasteiger charge is -2.57. The first-order valence-corrected chi connectivity index (χ1v) is 27.8. The monoisotopic (exact) mass is 996 g/mol. The Kier molecular flexibility index (Phi) is 12.1. The maximum absolute atomic E-state index is 14.6. The van der Waals surface area contributed by atoms with Crippen molar-refractivity contribution in [3.8, 4) is 17.1 Å². The SMILES string of the molecule is CCc1c2c(nc3ccc(OC(=O)N4CCC(N5CCCCC5)CC4)cc13)-c1cc3c(c(=O)n1C2)CCC(=O)[C@@]3(CC)OCc1ccc(NC(=O)OC2CCC[C@]3(C2)OOC2(O3)C3CC4CC(C3)CC2C4)cc1. The van der Waals surface area contributed by atoms with E-state index in [9.17, 15) is 19.2 Å². The number of piperidine rings is 2. The predicted octanol–water partition coefficient (Wildman–Crippen LogP) is 10.1. The van der Waals surface area contributed by atoms with Crippen LogP contribution in [0.15, 0.2) is 53.3 Å². The highest BCUT2D eigenvalue weighted by Gasteiger charge is 2.67. The first kappa shape index (κ1) is 47.5. The summed E-state index contributed by atoms with van der Waals surface area (Å²) in [4.78, 5) is 77.4. The van der Waals surface area contributed by atoms with Gasteiger partial charge in [-0.3, -0.25) is 14.9 Å². The van der Waals surface area contributed by atoms with E-state index in [1.807, 2.05) is 42.2 Å². The number of aryl methyl sites for hydroxylation is 1. The van der Waals surface area contributed by atoms with Crippen LogP contribution in [0.5, 0.6) is 5.75 Å². The third-order valence-electron chi connectivity index (χ3n) is 18.8. The number of carbonyl (C=O) groups excluding carboxylic acids is 3. The number of Topliss-reactive ketones (excluding diaryl/α,β-unsaturated/α-hetero) is 1. The van der Waals surface area contributed by atoms with Gasteiger partial charge in [-0.2, -0.15) is 9.78 Å². The third-order valence-corrected chi connectivity index (χ3v) is 18.8. The van der Waals surface area contributed by atoms with Crippen molar-refractivity contribution in [2.45, 2.75) is 172 Å². The van der Waals surface area contributed by atoms with Gasteiger partial charge in [0.25, 0.3) is 5.56 Å². The van der Waals surface area contributed by atoms with E-state index >= 15 is 0 Å². The van der Waals surface area contributed by atoms with E-state index in [2.05, 4.69) is 17.1 Å². The van der Waals surface area contributed by atoms with Crippen LogP contribution in [0.4, 0.5) is 15.3 Å². The maximum atomic E-state index is 14.6. The van der Waals surface area contributed by atoms with Crippen molar-refractivity contribution in [3.05, 3.63) is 86.7 Å². The average molecular weight is 996 g/mol. The number of pyridine rings is 2. The van der Waals surface area contributed by atoms with Crippen LogP contribution in [0, 0.1) is 23.7 Å². The second-order valence-electron chi connectivity index (χ2n) is 23.0. The molecule has 2 aromatic heterocycles. The maximum Gasteiger partial charge on any atom is 0.415 e. The van der Waals surface area contributed by atoms with Crippen LogP contribution in [0.1, 0.15) is 144 Å². The molecular weight excluding hydrogens is 927 g/mol. The van der Waals surface area contributed by atoms with Crippen LogP contribution in [-0.4, -0.2) is 87.2 Å². The number of likely N-dealkylation sites (tertiary alicyclic amines) is 2. The van der Waals surface area contributed by atoms with Crippen LogP contribution in [0.2, 0.25) is 0 Å². The zero-order chi connectivity index (χ0) is 49.6. The molecule has 2 aromatic carbocycles. The Morgan fingerprint density at radius 2 is 1.60 bits per heavy atom. The number of amides is 2. The van der Waals surface area contributed by atoms with Crippen LogP contribution in [0.25, 0.3) is 22.3 Å². The molecule has 2 amide bonds. The van der Waals surface area contributed by atoms with Gasteiger partial charge >= 0.3 is 12.2 Å². The molecule has 15 nitrogen and oxygen atoms in total. The van der Waals surface area contributed by atoms with Gasteiger partial charge in [0, 0.05) is 78.0 Å². The van der Waals surface area contributed by atoms with E-state index < -0.39 is 23.3 Å². The number of aromatic nitrogens is 2. The topological polar surface area (TPSA) is 160 Å². The third kappa shape index (κ3) is 8.22. The van der Waals surface area contributed by atoms with Crippen LogP contribution in [0.3, 0.4) is 0 Å². The Balaban J connectivity index is 0.671. The highest BCUT2D eigenvalue weighted by Crippen LogP contribution is 2.64. The van der Waals surface area contributed by atoms with E-state index in [1.54, 1.807) is 22.8 Å². The summed E-state index contributed by atoms with van der Waals surface area (Å²) in [6.45, 7) is 8.20. The molecule has 4 aliphatic heterocycles. The molecule has 0 radical (unpaired) electrons. The van der Waals surface area contributed by atoms with Gasteiger partial charge in [-0.25, -0.2) is 14.6 Å². The minimum atomic E-state index is -1.33. The summed E-state index contributed by atoms with van der Waals surface area (Å²) in [5.41, 5.74) is 5.27. The van der Waals surface area contributed by atoms with Gasteiger partial charge in [0.05, 0.1) is 30.1 Å². The number of benzene rings is 2. The number of nitrogens with one attached hydrogen (secondary N) is 1. The van der Waals surface area contributed by atoms with Crippen molar-refractivity contribution in [2.75, 3.05) is 31.5 Å². The normalized spacial score (nSPS) is 31.5. The summed E-state index contributed by atoms with van der Waals surface area (Å²) in [5, 5.41) is 3.79. The summed E-state index contributed by atoms with van der Waals surface area (Å²) in [6, 6.07) is 15.4. The lowest BCUT2D eigenvalue weighted by Crippen LogP contribution is -2.59. The molecule has 6 aliphatic carbocycles. The van der Waals surface area contributed by atoms with Crippen molar-refractivity contribution in [3.63, 3.8) is 0 Å². The first-order chi connectivity index (χ1) is 35.5. The second kappa shape index (κ2) is 18.6. The number of fused-ring (bicyclic) bond motifs is 5. The summed E-state index contributed by atoms with van der Waals surface area (Å²) < 4.78 is 27.4. The summed E-state index contributed by atoms with van der Waals surface area (Å²) in [7, 11) is 0. The molecule has 6 heterocycles. The Bertz CT molecular complexity index is 2880. The van der Waals surface area contributed by atoms with E-state index in [1.165, 1.54) is 25.7 Å². The minimum Gasteiger partial charge on any atom is -0.446 e. The summed E-state index contributed by atoms with van der Waals surface area (Å²) in [6.07, 6.45) is 14.7. The molecule has 14 rings (SSSR count). The number of ether oxygens (including phenoxy) is 4. The molecule has 10 aliphatic rings. The fourth-order valence-electron chi connectivity index (χ4n) is 15.3. The Hall–Kier alpha value is -5.19. The Morgan fingerprint density at radius 3 is 2.34 bits per heavy atom. The van der Waals surface area contributed by atoms with Gasteiger partial charge in [0.15, 0.2) is 11.4 Å². The van der Waals surface area contributed by atoms with Crippen molar-refractivity contribution in [2.24, 2.45) is 23.7 Å². The minimum absolute atomic E-state index is 0.0575. The highest BCUT2D eigenvalue weighted by molar-refractivity contribution is 5.93. The standard InChI is InChI=1S/C58H69N5O10/c1-3-44-46-30-42(70-55(67)62-23-18-41(19-24-62)61-21-6-5-7-22-61)14-16-49(46)60-52-47(44)33-63-50(52)31-48-45(53(63)65)15-17-51(64)57(48,4-2)68-34-35-10-12-40(13-11-35)59-54(66)69-43-9-8-20-56(32-43)71-58(73-72-56)38-26-36-25-37(28-38)29-39(58)27-36/h10-14,16,30-31,36-39,41,43H,3-9,15,17-29,32-34H2,1-2H3,(H,59,66)/t36?,37?,38?,39?,43?,56-,57+,58?/m1/s1. The predicted molar refractivity (Wildman–Crippen MR) is 271 cm³/mol. The molecule has 2 spiro atoms. The molecule has 73 heavy (non-hydrogen) atoms. The van der Waals surface area contributed by atoms with Gasteiger partial charge in [-0.15, -0.1) is 0 Å². The number of hydrogen-bond donors (Lipinski definition) is 1. The van der Waals surface area contributed by atoms with E-state index in [-0.39, 0.29) is 36.6 Å².